The summed E-state index contributed by atoms with van der Waals surface area (Å²) in [6.45, 7) is 4.37. The Hall–Kier alpha value is -2.64. The van der Waals surface area contributed by atoms with Crippen LogP contribution in [0.4, 0.5) is 4.79 Å². The minimum Gasteiger partial charge on any atom is -0.493 e. The van der Waals surface area contributed by atoms with E-state index in [1.54, 1.807) is 26.2 Å². The van der Waals surface area contributed by atoms with E-state index in [-0.39, 0.29) is 12.1 Å². The van der Waals surface area contributed by atoms with Gasteiger partial charge in [0.15, 0.2) is 17.5 Å². The smallest absolute Gasteiger partial charge is 0.409 e. The van der Waals surface area contributed by atoms with Crippen LogP contribution in [0.15, 0.2) is 23.2 Å². The summed E-state index contributed by atoms with van der Waals surface area (Å²) >= 11 is 0. The van der Waals surface area contributed by atoms with Crippen LogP contribution in [0.5, 0.6) is 11.5 Å². The molecule has 0 bridgehead atoms. The van der Waals surface area contributed by atoms with Gasteiger partial charge in [0.25, 0.3) is 0 Å². The summed E-state index contributed by atoms with van der Waals surface area (Å²) in [7, 11) is 5.03. The summed E-state index contributed by atoms with van der Waals surface area (Å²) in [5.41, 5.74) is 1.16. The molecule has 0 radical (unpaired) electrons. The highest BCUT2D eigenvalue weighted by molar-refractivity contribution is 5.80. The molecule has 1 aliphatic heterocycles. The summed E-state index contributed by atoms with van der Waals surface area (Å²) in [5, 5.41) is 6.79. The van der Waals surface area contributed by atoms with Gasteiger partial charge in [-0.05, 0) is 43.9 Å². The van der Waals surface area contributed by atoms with Gasteiger partial charge in [0.1, 0.15) is 0 Å². The van der Waals surface area contributed by atoms with Crippen molar-refractivity contribution in [2.24, 2.45) is 4.99 Å². The third-order valence-corrected chi connectivity index (χ3v) is 4.74. The van der Waals surface area contributed by atoms with Crippen LogP contribution in [-0.4, -0.2) is 70.5 Å². The van der Waals surface area contributed by atoms with Gasteiger partial charge in [-0.15, -0.1) is 0 Å². The van der Waals surface area contributed by atoms with E-state index in [0.29, 0.717) is 19.7 Å². The second-order valence-corrected chi connectivity index (χ2v) is 6.54. The normalized spacial score (nSPS) is 15.1. The Morgan fingerprint density at radius 3 is 2.54 bits per heavy atom. The molecule has 156 valence electrons. The minimum absolute atomic E-state index is 0.224. The highest BCUT2D eigenvalue weighted by atomic mass is 16.6. The van der Waals surface area contributed by atoms with Crippen molar-refractivity contribution in [2.45, 2.75) is 32.2 Å². The maximum atomic E-state index is 11.8. The van der Waals surface area contributed by atoms with Gasteiger partial charge in [-0.3, -0.25) is 4.99 Å². The third-order valence-electron chi connectivity index (χ3n) is 4.74. The van der Waals surface area contributed by atoms with Crippen molar-refractivity contribution in [1.82, 2.24) is 15.5 Å². The number of guanidine groups is 1. The van der Waals surface area contributed by atoms with Crippen LogP contribution < -0.4 is 20.1 Å². The Balaban J connectivity index is 1.76. The number of carbonyl (C=O) groups excluding carboxylic acids is 1. The van der Waals surface area contributed by atoms with E-state index in [0.717, 1.165) is 48.8 Å². The number of likely N-dealkylation sites (tertiary alicyclic amines) is 1. The lowest BCUT2D eigenvalue weighted by molar-refractivity contribution is 0.0963. The zero-order chi connectivity index (χ0) is 20.4. The van der Waals surface area contributed by atoms with E-state index in [2.05, 4.69) is 15.6 Å². The van der Waals surface area contributed by atoms with E-state index in [9.17, 15) is 4.79 Å². The Bertz CT molecular complexity index is 658. The topological polar surface area (TPSA) is 84.4 Å². The molecule has 0 unspecified atom stereocenters. The van der Waals surface area contributed by atoms with E-state index < -0.39 is 0 Å². The summed E-state index contributed by atoms with van der Waals surface area (Å²) in [5.74, 6) is 2.23. The van der Waals surface area contributed by atoms with Crippen LogP contribution in [-0.2, 0) is 11.2 Å². The lowest BCUT2D eigenvalue weighted by atomic mass is 10.1. The number of ether oxygens (including phenoxy) is 3. The summed E-state index contributed by atoms with van der Waals surface area (Å²) < 4.78 is 15.7. The SMILES string of the molecule is CCOC(=O)N1CCC(NC(=NC)NCCc2ccc(OC)c(OC)c2)CC1. The third kappa shape index (κ3) is 6.21. The molecule has 8 nitrogen and oxygen atoms in total. The Labute approximate surface area is 167 Å². The standard InChI is InChI=1S/C20H32N4O4/c1-5-28-20(25)24-12-9-16(10-13-24)23-19(21-2)22-11-8-15-6-7-17(26-3)18(14-15)27-4/h6-7,14,16H,5,8-13H2,1-4H3,(H2,21,22,23). The monoisotopic (exact) mass is 392 g/mol. The number of hydrogen-bond acceptors (Lipinski definition) is 5. The Kier molecular flexibility index (Phi) is 8.71. The molecular weight excluding hydrogens is 360 g/mol. The molecule has 1 amide bonds. The van der Waals surface area contributed by atoms with Crippen LogP contribution in [0.1, 0.15) is 25.3 Å². The lowest BCUT2D eigenvalue weighted by Crippen LogP contribution is -2.50. The maximum absolute atomic E-state index is 11.8. The molecule has 1 aromatic rings. The van der Waals surface area contributed by atoms with Gasteiger partial charge in [-0.2, -0.15) is 0 Å². The van der Waals surface area contributed by atoms with Crippen LogP contribution in [0.25, 0.3) is 0 Å². The number of benzene rings is 1. The number of amides is 1. The fraction of sp³-hybridized carbons (Fsp3) is 0.600. The van der Waals surface area contributed by atoms with Crippen molar-refractivity contribution in [3.8, 4) is 11.5 Å². The molecule has 1 heterocycles. The first-order valence-electron chi connectivity index (χ1n) is 9.71. The first kappa shape index (κ1) is 21.7. The number of nitrogens with zero attached hydrogens (tertiary/aromatic N) is 2. The predicted molar refractivity (Wildman–Crippen MR) is 109 cm³/mol. The summed E-state index contributed by atoms with van der Waals surface area (Å²) in [4.78, 5) is 17.8. The van der Waals surface area contributed by atoms with Crippen LogP contribution >= 0.6 is 0 Å². The van der Waals surface area contributed by atoms with Crippen LogP contribution in [0, 0.1) is 0 Å². The molecular formula is C20H32N4O4. The number of carbonyl (C=O) groups is 1. The van der Waals surface area contributed by atoms with Gasteiger partial charge in [-0.25, -0.2) is 4.79 Å². The van der Waals surface area contributed by atoms with Gasteiger partial charge >= 0.3 is 6.09 Å². The predicted octanol–water partition coefficient (Wildman–Crippen LogP) is 2.03. The molecule has 1 aromatic carbocycles. The van der Waals surface area contributed by atoms with E-state index in [1.807, 2.05) is 25.1 Å². The zero-order valence-electron chi connectivity index (χ0n) is 17.3. The fourth-order valence-electron chi connectivity index (χ4n) is 3.17. The van der Waals surface area contributed by atoms with Crippen molar-refractivity contribution in [1.29, 1.82) is 0 Å². The molecule has 0 aromatic heterocycles. The maximum Gasteiger partial charge on any atom is 0.409 e. The number of piperidine rings is 1. The average Bonchev–Trinajstić information content (AvgIpc) is 2.73. The van der Waals surface area contributed by atoms with Crippen molar-refractivity contribution in [3.05, 3.63) is 23.8 Å². The van der Waals surface area contributed by atoms with Crippen molar-refractivity contribution >= 4 is 12.1 Å². The second-order valence-electron chi connectivity index (χ2n) is 6.54. The van der Waals surface area contributed by atoms with Crippen molar-refractivity contribution in [3.63, 3.8) is 0 Å². The molecule has 1 aliphatic rings. The van der Waals surface area contributed by atoms with E-state index >= 15 is 0 Å². The minimum atomic E-state index is -0.224. The first-order chi connectivity index (χ1) is 13.6. The lowest BCUT2D eigenvalue weighted by Gasteiger charge is -2.32. The molecule has 1 fully saturated rings. The van der Waals surface area contributed by atoms with Gasteiger partial charge in [0.05, 0.1) is 20.8 Å². The highest BCUT2D eigenvalue weighted by Crippen LogP contribution is 2.27. The van der Waals surface area contributed by atoms with Gasteiger partial charge in [0, 0.05) is 32.7 Å². The van der Waals surface area contributed by atoms with E-state index in [4.69, 9.17) is 14.2 Å². The summed E-state index contributed by atoms with van der Waals surface area (Å²) in [6, 6.07) is 6.22. The molecule has 28 heavy (non-hydrogen) atoms. The highest BCUT2D eigenvalue weighted by Gasteiger charge is 2.23. The van der Waals surface area contributed by atoms with Gasteiger partial charge < -0.3 is 29.7 Å². The summed E-state index contributed by atoms with van der Waals surface area (Å²) in [6.07, 6.45) is 2.35. The van der Waals surface area contributed by atoms with Gasteiger partial charge in [-0.1, -0.05) is 6.07 Å². The Morgan fingerprint density at radius 2 is 1.93 bits per heavy atom. The molecule has 1 saturated heterocycles. The van der Waals surface area contributed by atoms with Crippen molar-refractivity contribution in [2.75, 3.05) is 47.5 Å². The van der Waals surface area contributed by atoms with E-state index in [1.165, 1.54) is 0 Å². The van der Waals surface area contributed by atoms with Crippen LogP contribution in [0.3, 0.4) is 0 Å². The number of aliphatic imine (C=N–C) groups is 1. The average molecular weight is 393 g/mol. The fourth-order valence-corrected chi connectivity index (χ4v) is 3.17. The number of rotatable bonds is 7. The second kappa shape index (κ2) is 11.3. The zero-order valence-corrected chi connectivity index (χ0v) is 17.3. The first-order valence-corrected chi connectivity index (χ1v) is 9.71. The van der Waals surface area contributed by atoms with Gasteiger partial charge in [0.2, 0.25) is 0 Å². The number of nitrogens with one attached hydrogen (secondary N) is 2. The quantitative estimate of drug-likeness (QED) is 0.546. The molecule has 0 saturated carbocycles. The number of hydrogen-bond donors (Lipinski definition) is 2. The molecule has 0 aliphatic carbocycles. The Morgan fingerprint density at radius 1 is 1.21 bits per heavy atom. The number of methoxy groups -OCH3 is 2. The largest absolute Gasteiger partial charge is 0.493 e. The molecule has 8 heteroatoms. The van der Waals surface area contributed by atoms with Crippen molar-refractivity contribution < 1.29 is 19.0 Å². The molecule has 0 spiro atoms. The molecule has 0 atom stereocenters. The molecule has 2 N–H and O–H groups in total. The molecule has 2 rings (SSSR count). The van der Waals surface area contributed by atoms with Crippen LogP contribution in [0.2, 0.25) is 0 Å².